The van der Waals surface area contributed by atoms with Crippen LogP contribution >= 0.6 is 39.0 Å². The molecule has 94 valence electrons. The van der Waals surface area contributed by atoms with E-state index in [1.165, 1.54) is 0 Å². The first-order chi connectivity index (χ1) is 8.56. The van der Waals surface area contributed by atoms with Gasteiger partial charge in [0, 0.05) is 19.6 Å². The fourth-order valence-electron chi connectivity index (χ4n) is 1.68. The van der Waals surface area contributed by atoms with Gasteiger partial charge in [-0.15, -0.1) is 0 Å². The molecule has 0 unspecified atom stereocenters. The van der Waals surface area contributed by atoms with E-state index < -0.39 is 7.14 Å². The maximum Gasteiger partial charge on any atom is 0.167 e. The third-order valence-electron chi connectivity index (χ3n) is 2.69. The summed E-state index contributed by atoms with van der Waals surface area (Å²) in [6.07, 6.45) is -0.365. The zero-order valence-corrected chi connectivity index (χ0v) is 13.5. The van der Waals surface area contributed by atoms with Crippen LogP contribution < -0.4 is 10.6 Å². The third-order valence-corrected chi connectivity index (χ3v) is 6.41. The van der Waals surface area contributed by atoms with Gasteiger partial charge in [0.1, 0.15) is 6.35 Å². The quantitative estimate of drug-likeness (QED) is 0.816. The molecule has 0 saturated carbocycles. The Morgan fingerprint density at radius 2 is 1.17 bits per heavy atom. The van der Waals surface area contributed by atoms with E-state index in [1.54, 1.807) is 24.3 Å². The van der Waals surface area contributed by atoms with Crippen LogP contribution in [0, 0.1) is 0 Å². The second kappa shape index (κ2) is 5.70. The molecule has 2 aromatic carbocycles. The first-order valence-corrected chi connectivity index (χ1v) is 8.76. The largest absolute Gasteiger partial charge is 0.388 e. The Kier molecular flexibility index (Phi) is 4.44. The minimum atomic E-state index is -2.93. The van der Waals surface area contributed by atoms with Gasteiger partial charge in [-0.1, -0.05) is 31.9 Å². The SMILES string of the molecule is O=P(CO)(c1ccc(Br)cc1)c1ccc(Br)cc1. The predicted molar refractivity (Wildman–Crippen MR) is 82.2 cm³/mol. The molecular formula is C13H11Br2O2P. The number of aliphatic hydroxyl groups is 1. The molecule has 0 amide bonds. The molecule has 0 atom stereocenters. The second-order valence-corrected chi connectivity index (χ2v) is 8.46. The summed E-state index contributed by atoms with van der Waals surface area (Å²) in [5.74, 6) is 0. The number of hydrogen-bond acceptors (Lipinski definition) is 2. The second-order valence-electron chi connectivity index (χ2n) is 3.83. The van der Waals surface area contributed by atoms with Crippen molar-refractivity contribution in [3.05, 3.63) is 57.5 Å². The maximum absolute atomic E-state index is 12.9. The summed E-state index contributed by atoms with van der Waals surface area (Å²) in [6, 6.07) is 14.4. The molecule has 1 N–H and O–H groups in total. The van der Waals surface area contributed by atoms with E-state index in [2.05, 4.69) is 31.9 Å². The third kappa shape index (κ3) is 2.77. The van der Waals surface area contributed by atoms with E-state index in [9.17, 15) is 9.67 Å². The standard InChI is InChI=1S/C13H11Br2O2P/c14-10-1-5-12(6-2-10)18(17,9-16)13-7-3-11(15)4-8-13/h1-8,16H,9H2. The van der Waals surface area contributed by atoms with Crippen molar-refractivity contribution < 1.29 is 9.67 Å². The monoisotopic (exact) mass is 388 g/mol. The van der Waals surface area contributed by atoms with E-state index in [0.717, 1.165) is 8.95 Å². The molecule has 0 fully saturated rings. The Balaban J connectivity index is 2.51. The van der Waals surface area contributed by atoms with Crippen LogP contribution in [0.1, 0.15) is 0 Å². The van der Waals surface area contributed by atoms with E-state index >= 15 is 0 Å². The van der Waals surface area contributed by atoms with Gasteiger partial charge >= 0.3 is 0 Å². The maximum atomic E-state index is 12.9. The van der Waals surface area contributed by atoms with Crippen molar-refractivity contribution in [2.24, 2.45) is 0 Å². The Morgan fingerprint density at radius 3 is 1.44 bits per heavy atom. The zero-order chi connectivity index (χ0) is 13.2. The molecule has 0 heterocycles. The first-order valence-electron chi connectivity index (χ1n) is 5.28. The molecule has 18 heavy (non-hydrogen) atoms. The van der Waals surface area contributed by atoms with Crippen LogP contribution in [-0.4, -0.2) is 11.5 Å². The zero-order valence-electron chi connectivity index (χ0n) is 9.38. The van der Waals surface area contributed by atoms with E-state index in [0.29, 0.717) is 10.6 Å². The highest BCUT2D eigenvalue weighted by molar-refractivity contribution is 9.10. The van der Waals surface area contributed by atoms with E-state index in [1.807, 2.05) is 24.3 Å². The van der Waals surface area contributed by atoms with Crippen LogP contribution in [0.4, 0.5) is 0 Å². The predicted octanol–water partition coefficient (Wildman–Crippen LogP) is 3.48. The molecule has 0 radical (unpaired) electrons. The molecule has 2 rings (SSSR count). The molecule has 0 bridgehead atoms. The number of aliphatic hydroxyl groups excluding tert-OH is 1. The van der Waals surface area contributed by atoms with Crippen molar-refractivity contribution >= 4 is 49.6 Å². The van der Waals surface area contributed by atoms with Gasteiger partial charge in [0.25, 0.3) is 0 Å². The summed E-state index contributed by atoms with van der Waals surface area (Å²) in [6.45, 7) is 0. The highest BCUT2D eigenvalue weighted by Crippen LogP contribution is 2.42. The molecular weight excluding hydrogens is 379 g/mol. The summed E-state index contributed by atoms with van der Waals surface area (Å²) in [5, 5.41) is 10.9. The molecule has 0 spiro atoms. The van der Waals surface area contributed by atoms with Gasteiger partial charge in [-0.2, -0.15) is 0 Å². The van der Waals surface area contributed by atoms with E-state index in [-0.39, 0.29) is 6.35 Å². The molecule has 0 aliphatic carbocycles. The van der Waals surface area contributed by atoms with Crippen LogP contribution in [0.5, 0.6) is 0 Å². The molecule has 0 aliphatic rings. The summed E-state index contributed by atoms with van der Waals surface area (Å²) in [4.78, 5) is 0. The molecule has 0 saturated heterocycles. The first kappa shape index (κ1) is 14.0. The van der Waals surface area contributed by atoms with Crippen LogP contribution in [0.15, 0.2) is 57.5 Å². The lowest BCUT2D eigenvalue weighted by Crippen LogP contribution is -2.18. The number of benzene rings is 2. The van der Waals surface area contributed by atoms with Crippen molar-refractivity contribution in [2.45, 2.75) is 0 Å². The number of hydrogen-bond donors (Lipinski definition) is 1. The fourth-order valence-corrected chi connectivity index (χ4v) is 4.09. The number of rotatable bonds is 3. The van der Waals surface area contributed by atoms with Gasteiger partial charge in [0.2, 0.25) is 0 Å². The minimum absolute atomic E-state index is 0.365. The van der Waals surface area contributed by atoms with Gasteiger partial charge in [-0.3, -0.25) is 0 Å². The van der Waals surface area contributed by atoms with Crippen molar-refractivity contribution in [3.63, 3.8) is 0 Å². The lowest BCUT2D eigenvalue weighted by Gasteiger charge is -2.16. The van der Waals surface area contributed by atoms with Crippen LogP contribution in [-0.2, 0) is 4.57 Å². The minimum Gasteiger partial charge on any atom is -0.388 e. The highest BCUT2D eigenvalue weighted by atomic mass is 79.9. The molecule has 5 heteroatoms. The Bertz CT molecular complexity index is 529. The van der Waals surface area contributed by atoms with Gasteiger partial charge < -0.3 is 9.67 Å². The van der Waals surface area contributed by atoms with Gasteiger partial charge in [0.15, 0.2) is 7.14 Å². The van der Waals surface area contributed by atoms with Crippen molar-refractivity contribution in [1.29, 1.82) is 0 Å². The highest BCUT2D eigenvalue weighted by Gasteiger charge is 2.26. The summed E-state index contributed by atoms with van der Waals surface area (Å²) in [7, 11) is -2.93. The Morgan fingerprint density at radius 1 is 0.833 bits per heavy atom. The van der Waals surface area contributed by atoms with Gasteiger partial charge in [-0.05, 0) is 48.5 Å². The van der Waals surface area contributed by atoms with Crippen LogP contribution in [0.2, 0.25) is 0 Å². The summed E-state index contributed by atoms with van der Waals surface area (Å²) in [5.41, 5.74) is 0. The summed E-state index contributed by atoms with van der Waals surface area (Å²) >= 11 is 6.68. The van der Waals surface area contributed by atoms with Gasteiger partial charge in [-0.25, -0.2) is 0 Å². The van der Waals surface area contributed by atoms with Crippen molar-refractivity contribution in [2.75, 3.05) is 6.35 Å². The van der Waals surface area contributed by atoms with Crippen molar-refractivity contribution in [1.82, 2.24) is 0 Å². The molecule has 2 nitrogen and oxygen atoms in total. The van der Waals surface area contributed by atoms with Crippen LogP contribution in [0.25, 0.3) is 0 Å². The lowest BCUT2D eigenvalue weighted by atomic mass is 10.4. The topological polar surface area (TPSA) is 37.3 Å². The Hall–Kier alpha value is -0.410. The molecule has 2 aromatic rings. The van der Waals surface area contributed by atoms with Crippen LogP contribution in [0.3, 0.4) is 0 Å². The lowest BCUT2D eigenvalue weighted by molar-refractivity contribution is 0.362. The van der Waals surface area contributed by atoms with E-state index in [4.69, 9.17) is 0 Å². The summed E-state index contributed by atoms with van der Waals surface area (Å²) < 4.78 is 14.8. The fraction of sp³-hybridized carbons (Fsp3) is 0.0769. The molecule has 0 aliphatic heterocycles. The number of halogens is 2. The van der Waals surface area contributed by atoms with Gasteiger partial charge in [0.05, 0.1) is 0 Å². The normalized spacial score (nSPS) is 11.5. The van der Waals surface area contributed by atoms with Crippen molar-refractivity contribution in [3.8, 4) is 0 Å². The smallest absolute Gasteiger partial charge is 0.167 e. The average Bonchev–Trinajstić information content (AvgIpc) is 2.39. The Labute approximate surface area is 123 Å². The average molecular weight is 390 g/mol. The molecule has 0 aromatic heterocycles.